The predicted octanol–water partition coefficient (Wildman–Crippen LogP) is 3.33. The number of hydrogen-bond acceptors (Lipinski definition) is 4. The van der Waals surface area contributed by atoms with Crippen LogP contribution in [0.1, 0.15) is 35.8 Å². The zero-order valence-electron chi connectivity index (χ0n) is 16.3. The summed E-state index contributed by atoms with van der Waals surface area (Å²) < 4.78 is 15.3. The van der Waals surface area contributed by atoms with Crippen LogP contribution in [0.4, 0.5) is 4.39 Å². The van der Waals surface area contributed by atoms with E-state index in [0.717, 1.165) is 16.9 Å². The summed E-state index contributed by atoms with van der Waals surface area (Å²) in [5.41, 5.74) is 2.03. The van der Waals surface area contributed by atoms with Crippen molar-refractivity contribution in [3.63, 3.8) is 0 Å². The molecular formula is C20H26FN5O. The number of pyridine rings is 1. The molecule has 1 aliphatic heterocycles. The number of carbonyl (C=O) groups is 1. The lowest BCUT2D eigenvalue weighted by Crippen LogP contribution is -2.39. The smallest absolute Gasteiger partial charge is 0.255 e. The van der Waals surface area contributed by atoms with E-state index in [2.05, 4.69) is 4.99 Å². The topological polar surface area (TPSA) is 53.7 Å². The van der Waals surface area contributed by atoms with Crippen molar-refractivity contribution >= 4 is 29.0 Å². The molecule has 1 saturated heterocycles. The van der Waals surface area contributed by atoms with Gasteiger partial charge in [-0.05, 0) is 38.8 Å². The number of alkyl halides is 1. The molecule has 0 saturated carbocycles. The van der Waals surface area contributed by atoms with Gasteiger partial charge in [-0.25, -0.2) is 9.37 Å². The minimum atomic E-state index is -0.799. The van der Waals surface area contributed by atoms with Gasteiger partial charge in [0.2, 0.25) is 0 Å². The van der Waals surface area contributed by atoms with Crippen molar-refractivity contribution in [2.24, 2.45) is 4.99 Å². The number of carbonyl (C=O) groups excluding carboxylic acids is 1. The van der Waals surface area contributed by atoms with E-state index in [9.17, 15) is 9.18 Å². The molecule has 27 heavy (non-hydrogen) atoms. The number of aliphatic imine (C=N–C) groups is 1. The third-order valence-corrected chi connectivity index (χ3v) is 4.84. The van der Waals surface area contributed by atoms with Crippen LogP contribution in [0.25, 0.3) is 16.9 Å². The van der Waals surface area contributed by atoms with Crippen LogP contribution < -0.4 is 0 Å². The second-order valence-corrected chi connectivity index (χ2v) is 6.98. The SMILES string of the molecule is CC=N/C=C(\N(C)C)n1ccc2cc(C(=O)N3CCC(F)CC3)c(C)nc21. The van der Waals surface area contributed by atoms with E-state index in [1.165, 1.54) is 0 Å². The first-order valence-electron chi connectivity index (χ1n) is 9.20. The number of likely N-dealkylation sites (tertiary alicyclic amines) is 1. The molecule has 1 amide bonds. The van der Waals surface area contributed by atoms with E-state index in [1.807, 2.05) is 55.7 Å². The fourth-order valence-electron chi connectivity index (χ4n) is 3.31. The van der Waals surface area contributed by atoms with Crippen LogP contribution >= 0.6 is 0 Å². The van der Waals surface area contributed by atoms with Gasteiger partial charge in [0.15, 0.2) is 0 Å². The molecule has 0 spiro atoms. The van der Waals surface area contributed by atoms with Crippen LogP contribution in [-0.4, -0.2) is 64.8 Å². The Morgan fingerprint density at radius 3 is 2.70 bits per heavy atom. The fraction of sp³-hybridized carbons (Fsp3) is 0.450. The van der Waals surface area contributed by atoms with Crippen molar-refractivity contribution in [3.8, 4) is 0 Å². The molecule has 0 bridgehead atoms. The average molecular weight is 371 g/mol. The Morgan fingerprint density at radius 1 is 1.37 bits per heavy atom. The molecular weight excluding hydrogens is 345 g/mol. The van der Waals surface area contributed by atoms with E-state index in [4.69, 9.17) is 4.98 Å². The molecule has 3 heterocycles. The van der Waals surface area contributed by atoms with Crippen molar-refractivity contribution < 1.29 is 9.18 Å². The number of rotatable bonds is 4. The minimum Gasteiger partial charge on any atom is -0.363 e. The first-order chi connectivity index (χ1) is 12.9. The minimum absolute atomic E-state index is 0.0690. The Bertz CT molecular complexity index is 891. The summed E-state index contributed by atoms with van der Waals surface area (Å²) in [4.78, 5) is 25.5. The number of hydrogen-bond donors (Lipinski definition) is 0. The Hall–Kier alpha value is -2.70. The van der Waals surface area contributed by atoms with Crippen LogP contribution in [0.3, 0.4) is 0 Å². The number of aryl methyl sites for hydroxylation is 1. The maximum absolute atomic E-state index is 13.4. The van der Waals surface area contributed by atoms with E-state index < -0.39 is 6.17 Å². The van der Waals surface area contributed by atoms with E-state index >= 15 is 0 Å². The summed E-state index contributed by atoms with van der Waals surface area (Å²) in [6, 6.07) is 3.83. The van der Waals surface area contributed by atoms with E-state index in [0.29, 0.717) is 37.2 Å². The molecule has 0 aliphatic carbocycles. The second-order valence-electron chi connectivity index (χ2n) is 6.98. The molecule has 0 radical (unpaired) electrons. The highest BCUT2D eigenvalue weighted by molar-refractivity contribution is 5.98. The van der Waals surface area contributed by atoms with Gasteiger partial charge in [-0.15, -0.1) is 0 Å². The lowest BCUT2D eigenvalue weighted by atomic mass is 10.1. The first kappa shape index (κ1) is 19.1. The maximum Gasteiger partial charge on any atom is 0.255 e. The maximum atomic E-state index is 13.4. The number of nitrogens with zero attached hydrogens (tertiary/aromatic N) is 5. The number of fused-ring (bicyclic) bond motifs is 1. The summed E-state index contributed by atoms with van der Waals surface area (Å²) >= 11 is 0. The molecule has 144 valence electrons. The van der Waals surface area contributed by atoms with Crippen LogP contribution in [0.2, 0.25) is 0 Å². The Kier molecular flexibility index (Phi) is 5.58. The molecule has 2 aromatic heterocycles. The second kappa shape index (κ2) is 7.90. The van der Waals surface area contributed by atoms with Crippen molar-refractivity contribution in [3.05, 3.63) is 35.8 Å². The molecule has 3 rings (SSSR count). The van der Waals surface area contributed by atoms with Crippen LogP contribution in [0, 0.1) is 6.92 Å². The van der Waals surface area contributed by atoms with Crippen molar-refractivity contribution in [2.75, 3.05) is 27.2 Å². The lowest BCUT2D eigenvalue weighted by Gasteiger charge is -2.29. The highest BCUT2D eigenvalue weighted by Gasteiger charge is 2.25. The van der Waals surface area contributed by atoms with Gasteiger partial charge in [-0.1, -0.05) is 0 Å². The van der Waals surface area contributed by atoms with Crippen molar-refractivity contribution in [2.45, 2.75) is 32.9 Å². The van der Waals surface area contributed by atoms with Crippen LogP contribution in [-0.2, 0) is 0 Å². The van der Waals surface area contributed by atoms with Gasteiger partial charge in [-0.3, -0.25) is 14.4 Å². The first-order valence-corrected chi connectivity index (χ1v) is 9.20. The standard InChI is InChI=1S/C20H26FN5O/c1-5-22-13-18(24(3)4)26-11-6-15-12-17(14(2)23-19(15)26)20(27)25-9-7-16(21)8-10-25/h5-6,11-13,16H,7-10H2,1-4H3/b18-13+,22-5?. The normalized spacial score (nSPS) is 16.5. The molecule has 0 aromatic carbocycles. The summed E-state index contributed by atoms with van der Waals surface area (Å²) in [7, 11) is 3.89. The van der Waals surface area contributed by atoms with Crippen LogP contribution in [0.15, 0.2) is 29.5 Å². The summed E-state index contributed by atoms with van der Waals surface area (Å²) in [6.45, 7) is 4.63. The highest BCUT2D eigenvalue weighted by Crippen LogP contribution is 2.24. The largest absolute Gasteiger partial charge is 0.363 e. The molecule has 7 heteroatoms. The lowest BCUT2D eigenvalue weighted by molar-refractivity contribution is 0.0666. The summed E-state index contributed by atoms with van der Waals surface area (Å²) in [5.74, 6) is 0.805. The highest BCUT2D eigenvalue weighted by atomic mass is 19.1. The Balaban J connectivity index is 1.98. The predicted molar refractivity (Wildman–Crippen MR) is 107 cm³/mol. The van der Waals surface area contributed by atoms with Gasteiger partial charge >= 0.3 is 0 Å². The fourth-order valence-corrected chi connectivity index (χ4v) is 3.31. The monoisotopic (exact) mass is 371 g/mol. The molecule has 1 fully saturated rings. The molecule has 1 aliphatic rings. The quantitative estimate of drug-likeness (QED) is 0.775. The number of aromatic nitrogens is 2. The van der Waals surface area contributed by atoms with Gasteiger partial charge in [0.05, 0.1) is 17.5 Å². The summed E-state index contributed by atoms with van der Waals surface area (Å²) in [6.07, 6.45) is 5.45. The number of amides is 1. The van der Waals surface area contributed by atoms with Gasteiger partial charge in [0.1, 0.15) is 17.6 Å². The number of halogens is 1. The zero-order valence-corrected chi connectivity index (χ0v) is 16.3. The van der Waals surface area contributed by atoms with Crippen molar-refractivity contribution in [1.82, 2.24) is 19.4 Å². The van der Waals surface area contributed by atoms with Gasteiger partial charge in [0, 0.05) is 45.0 Å². The third kappa shape index (κ3) is 3.86. The zero-order chi connectivity index (χ0) is 19.6. The third-order valence-electron chi connectivity index (χ3n) is 4.84. The van der Waals surface area contributed by atoms with E-state index in [1.54, 1.807) is 17.3 Å². The Labute approximate surface area is 159 Å². The van der Waals surface area contributed by atoms with Gasteiger partial charge in [-0.2, -0.15) is 0 Å². The molecule has 0 atom stereocenters. The molecule has 0 unspecified atom stereocenters. The summed E-state index contributed by atoms with van der Waals surface area (Å²) in [5, 5.41) is 0.887. The van der Waals surface area contributed by atoms with Gasteiger partial charge in [0.25, 0.3) is 5.91 Å². The molecule has 0 N–H and O–H groups in total. The van der Waals surface area contributed by atoms with E-state index in [-0.39, 0.29) is 5.91 Å². The molecule has 6 nitrogen and oxygen atoms in total. The average Bonchev–Trinajstić information content (AvgIpc) is 3.04. The van der Waals surface area contributed by atoms with Crippen molar-refractivity contribution in [1.29, 1.82) is 0 Å². The van der Waals surface area contributed by atoms with Crippen LogP contribution in [0.5, 0.6) is 0 Å². The number of piperidine rings is 1. The molecule has 2 aromatic rings. The Morgan fingerprint density at radius 2 is 2.07 bits per heavy atom. The van der Waals surface area contributed by atoms with Gasteiger partial charge < -0.3 is 9.80 Å².